The summed E-state index contributed by atoms with van der Waals surface area (Å²) in [7, 11) is -3.34. The van der Waals surface area contributed by atoms with Gasteiger partial charge in [0.25, 0.3) is 0 Å². The second-order valence-corrected chi connectivity index (χ2v) is 11.4. The van der Waals surface area contributed by atoms with Crippen LogP contribution in [0.15, 0.2) is 23.5 Å². The number of ketones is 1. The molecule has 152 valence electrons. The molecule has 3 heterocycles. The third-order valence-electron chi connectivity index (χ3n) is 5.31. The molecule has 0 spiro atoms. The van der Waals surface area contributed by atoms with E-state index in [0.717, 1.165) is 12.8 Å². The van der Waals surface area contributed by atoms with Gasteiger partial charge in [0.2, 0.25) is 0 Å². The predicted octanol–water partition coefficient (Wildman–Crippen LogP) is 3.10. The molecule has 0 N–H and O–H groups in total. The minimum absolute atomic E-state index is 0.0315. The summed E-state index contributed by atoms with van der Waals surface area (Å²) in [6, 6.07) is -0.520. The van der Waals surface area contributed by atoms with E-state index in [4.69, 9.17) is 16.3 Å². The Bertz CT molecular complexity index is 946. The van der Waals surface area contributed by atoms with E-state index in [1.54, 1.807) is 0 Å². The smallest absolute Gasteiger partial charge is 0.184 e. The molecule has 0 unspecified atom stereocenters. The summed E-state index contributed by atoms with van der Waals surface area (Å²) in [4.78, 5) is 17.5. The number of hydrogen-bond donors (Lipinski definition) is 0. The van der Waals surface area contributed by atoms with Gasteiger partial charge in [0.15, 0.2) is 15.6 Å². The first-order chi connectivity index (χ1) is 13.4. The van der Waals surface area contributed by atoms with Crippen molar-refractivity contribution in [2.45, 2.75) is 54.7 Å². The fraction of sp³-hybridized carbons (Fsp3) is 0.611. The number of ether oxygens (including phenoxy) is 1. The molecule has 0 amide bonds. The molecule has 4 rings (SSSR count). The molecule has 1 aliphatic heterocycles. The highest BCUT2D eigenvalue weighted by molar-refractivity contribution is 7.92. The molecular weight excluding hydrogens is 422 g/mol. The van der Waals surface area contributed by atoms with Gasteiger partial charge in [-0.15, -0.1) is 11.3 Å². The maximum absolute atomic E-state index is 13.1. The SMILES string of the molecule is O=C(Cc1ncc(Cl)s1)[C@H](CC1CCOCC1)n1cc(S(=O)(=O)C2CC2)cn1. The van der Waals surface area contributed by atoms with Gasteiger partial charge in [-0.1, -0.05) is 11.6 Å². The molecule has 2 aromatic rings. The number of carbonyl (C=O) groups excluding carboxylic acids is 1. The summed E-state index contributed by atoms with van der Waals surface area (Å²) in [6.07, 6.45) is 8.38. The Morgan fingerprint density at radius 3 is 2.68 bits per heavy atom. The highest BCUT2D eigenvalue weighted by Gasteiger charge is 2.38. The molecule has 0 radical (unpaired) electrons. The van der Waals surface area contributed by atoms with Crippen LogP contribution in [0.2, 0.25) is 4.34 Å². The standard InChI is InChI=1S/C18H22ClN3O4S2/c19-17-10-20-18(27-17)8-16(23)15(7-12-3-5-26-6-4-12)22-11-14(9-21-22)28(24,25)13-1-2-13/h9-13,15H,1-8H2/t15-/m0/s1. The molecule has 2 fully saturated rings. The molecule has 1 saturated carbocycles. The average Bonchev–Trinajstić information content (AvgIpc) is 3.30. The van der Waals surface area contributed by atoms with Gasteiger partial charge in [-0.25, -0.2) is 13.4 Å². The Kier molecular flexibility index (Phi) is 5.87. The zero-order valence-electron chi connectivity index (χ0n) is 15.3. The number of sulfone groups is 1. The van der Waals surface area contributed by atoms with E-state index in [-0.39, 0.29) is 22.3 Å². The predicted molar refractivity (Wildman–Crippen MR) is 105 cm³/mol. The van der Waals surface area contributed by atoms with Crippen molar-refractivity contribution in [3.05, 3.63) is 27.9 Å². The van der Waals surface area contributed by atoms with Gasteiger partial charge in [0.1, 0.15) is 20.3 Å². The second-order valence-electron chi connectivity index (χ2n) is 7.41. The summed E-state index contributed by atoms with van der Waals surface area (Å²) in [5.41, 5.74) is 0. The Morgan fingerprint density at radius 1 is 1.29 bits per heavy atom. The van der Waals surface area contributed by atoms with Crippen molar-refractivity contribution < 1.29 is 17.9 Å². The number of thiazole rings is 1. The van der Waals surface area contributed by atoms with Crippen LogP contribution in [0.4, 0.5) is 0 Å². The first-order valence-electron chi connectivity index (χ1n) is 9.42. The lowest BCUT2D eigenvalue weighted by Crippen LogP contribution is -2.27. The van der Waals surface area contributed by atoms with E-state index in [1.165, 1.54) is 34.6 Å². The molecule has 0 bridgehead atoms. The number of rotatable bonds is 8. The monoisotopic (exact) mass is 443 g/mol. The highest BCUT2D eigenvalue weighted by atomic mass is 35.5. The topological polar surface area (TPSA) is 91.1 Å². The largest absolute Gasteiger partial charge is 0.381 e. The number of Topliss-reactive ketones (excluding diaryl/α,β-unsaturated/α-hetero) is 1. The fourth-order valence-corrected chi connectivity index (χ4v) is 6.09. The third-order valence-corrected chi connectivity index (χ3v) is 8.64. The molecule has 1 atom stereocenters. The van der Waals surface area contributed by atoms with Gasteiger partial charge in [-0.2, -0.15) is 5.10 Å². The maximum Gasteiger partial charge on any atom is 0.184 e. The quantitative estimate of drug-likeness (QED) is 0.622. The molecule has 2 aliphatic rings. The van der Waals surface area contributed by atoms with E-state index >= 15 is 0 Å². The minimum atomic E-state index is -3.34. The van der Waals surface area contributed by atoms with E-state index in [2.05, 4.69) is 10.1 Å². The zero-order chi connectivity index (χ0) is 19.7. The van der Waals surface area contributed by atoms with Crippen molar-refractivity contribution in [3.8, 4) is 0 Å². The van der Waals surface area contributed by atoms with Crippen molar-refractivity contribution in [2.75, 3.05) is 13.2 Å². The summed E-state index contributed by atoms with van der Waals surface area (Å²) < 4.78 is 32.5. The van der Waals surface area contributed by atoms with E-state index in [1.807, 2.05) is 0 Å². The van der Waals surface area contributed by atoms with Gasteiger partial charge >= 0.3 is 0 Å². The summed E-state index contributed by atoms with van der Waals surface area (Å²) in [5, 5.41) is 4.63. The Labute approximate surface area is 173 Å². The molecule has 1 saturated heterocycles. The Balaban J connectivity index is 1.56. The normalized spacial score (nSPS) is 19.6. The van der Waals surface area contributed by atoms with Crippen molar-refractivity contribution >= 4 is 38.6 Å². The van der Waals surface area contributed by atoms with Gasteiger partial charge < -0.3 is 4.74 Å². The highest BCUT2D eigenvalue weighted by Crippen LogP contribution is 2.34. The summed E-state index contributed by atoms with van der Waals surface area (Å²) >= 11 is 7.22. The number of carbonyl (C=O) groups is 1. The molecule has 1 aliphatic carbocycles. The van der Waals surface area contributed by atoms with Crippen LogP contribution in [0, 0.1) is 5.92 Å². The molecular formula is C18H22ClN3O4S2. The second kappa shape index (κ2) is 8.22. The number of hydrogen-bond acceptors (Lipinski definition) is 7. The van der Waals surface area contributed by atoms with E-state index in [9.17, 15) is 13.2 Å². The van der Waals surface area contributed by atoms with E-state index < -0.39 is 15.9 Å². The van der Waals surface area contributed by atoms with Crippen LogP contribution in [0.5, 0.6) is 0 Å². The molecule has 2 aromatic heterocycles. The van der Waals surface area contributed by atoms with Gasteiger partial charge in [0.05, 0.1) is 24.1 Å². The summed E-state index contributed by atoms with van der Waals surface area (Å²) in [6.45, 7) is 1.38. The van der Waals surface area contributed by atoms with Crippen LogP contribution >= 0.6 is 22.9 Å². The van der Waals surface area contributed by atoms with Crippen LogP contribution in [0.25, 0.3) is 0 Å². The van der Waals surface area contributed by atoms with Crippen molar-refractivity contribution in [3.63, 3.8) is 0 Å². The van der Waals surface area contributed by atoms with E-state index in [0.29, 0.717) is 47.7 Å². The molecule has 10 heteroatoms. The first kappa shape index (κ1) is 20.0. The zero-order valence-corrected chi connectivity index (χ0v) is 17.7. The van der Waals surface area contributed by atoms with Crippen LogP contribution in [-0.4, -0.2) is 47.4 Å². The number of halogens is 1. The lowest BCUT2D eigenvalue weighted by atomic mass is 9.90. The van der Waals surface area contributed by atoms with Crippen molar-refractivity contribution in [2.24, 2.45) is 5.92 Å². The van der Waals surface area contributed by atoms with Crippen LogP contribution < -0.4 is 0 Å². The van der Waals surface area contributed by atoms with Crippen LogP contribution in [-0.2, 0) is 25.8 Å². The number of aromatic nitrogens is 3. The molecule has 0 aromatic carbocycles. The van der Waals surface area contributed by atoms with Gasteiger partial charge in [-0.05, 0) is 38.0 Å². The average molecular weight is 444 g/mol. The maximum atomic E-state index is 13.1. The minimum Gasteiger partial charge on any atom is -0.381 e. The first-order valence-corrected chi connectivity index (χ1v) is 12.2. The molecule has 7 nitrogen and oxygen atoms in total. The van der Waals surface area contributed by atoms with Crippen LogP contribution in [0.3, 0.4) is 0 Å². The number of nitrogens with zero attached hydrogens (tertiary/aromatic N) is 3. The molecule has 28 heavy (non-hydrogen) atoms. The Morgan fingerprint density at radius 2 is 2.04 bits per heavy atom. The summed E-state index contributed by atoms with van der Waals surface area (Å²) in [5.74, 6) is 0.311. The van der Waals surface area contributed by atoms with Gasteiger partial charge in [-0.3, -0.25) is 9.48 Å². The lowest BCUT2D eigenvalue weighted by Gasteiger charge is -2.26. The fourth-order valence-electron chi connectivity index (χ4n) is 3.53. The Hall–Kier alpha value is -1.29. The third kappa shape index (κ3) is 4.48. The van der Waals surface area contributed by atoms with Crippen molar-refractivity contribution in [1.82, 2.24) is 14.8 Å². The lowest BCUT2D eigenvalue weighted by molar-refractivity contribution is -0.122. The van der Waals surface area contributed by atoms with Crippen LogP contribution in [0.1, 0.15) is 43.2 Å². The van der Waals surface area contributed by atoms with Crippen molar-refractivity contribution in [1.29, 1.82) is 0 Å². The van der Waals surface area contributed by atoms with Gasteiger partial charge in [0, 0.05) is 19.4 Å².